The van der Waals surface area contributed by atoms with Gasteiger partial charge in [0.1, 0.15) is 0 Å². The number of allylic oxidation sites excluding steroid dienone is 1. The van der Waals surface area contributed by atoms with Crippen LogP contribution in [0.3, 0.4) is 0 Å². The monoisotopic (exact) mass is 462 g/mol. The molecular weight excluding hydrogens is 400 g/mol. The lowest BCUT2D eigenvalue weighted by molar-refractivity contribution is 0.402. The van der Waals surface area contributed by atoms with Crippen molar-refractivity contribution in [3.05, 3.63) is 25.2 Å². The van der Waals surface area contributed by atoms with Crippen molar-refractivity contribution in [2.45, 2.75) is 180 Å². The van der Waals surface area contributed by atoms with E-state index < -0.39 is 0 Å². The quantitative estimate of drug-likeness (QED) is 0.0793. The highest BCUT2D eigenvalue weighted by Gasteiger charge is 1.96. The molecule has 0 aliphatic carbocycles. The average Bonchev–Trinajstić information content (AvgIpc) is 2.83. The minimum atomic E-state index is 1.13. The molecule has 0 rings (SSSR count). The van der Waals surface area contributed by atoms with Gasteiger partial charge in [-0.1, -0.05) is 174 Å². The van der Waals surface area contributed by atoms with Gasteiger partial charge in [0.2, 0.25) is 0 Å². The van der Waals surface area contributed by atoms with Crippen LogP contribution in [0.5, 0.6) is 0 Å². The molecule has 0 aromatic heterocycles. The van der Waals surface area contributed by atoms with E-state index in [1.807, 2.05) is 0 Å². The molecule has 0 unspecified atom stereocenters. The summed E-state index contributed by atoms with van der Waals surface area (Å²) < 4.78 is 4.98. The Balaban J connectivity index is 3.02. The molecule has 1 heteroatoms. The number of ether oxygens (including phenoxy) is 1. The molecule has 196 valence electrons. The lowest BCUT2D eigenvalue weighted by atomic mass is 10.0. The first-order valence-electron chi connectivity index (χ1n) is 15.3. The normalized spacial score (nSPS) is 11.4. The number of rotatable bonds is 29. The van der Waals surface area contributed by atoms with Crippen molar-refractivity contribution < 1.29 is 4.74 Å². The molecule has 0 aromatic rings. The van der Waals surface area contributed by atoms with Crippen molar-refractivity contribution in [1.29, 1.82) is 0 Å². The second kappa shape index (κ2) is 31.3. The SMILES string of the molecule is C=COC=CCCCCCCCCCCCCCCCCCCCCCCCCCCCC. The van der Waals surface area contributed by atoms with E-state index in [1.54, 1.807) is 6.26 Å². The third-order valence-corrected chi connectivity index (χ3v) is 7.00. The van der Waals surface area contributed by atoms with Crippen molar-refractivity contribution >= 4 is 0 Å². The van der Waals surface area contributed by atoms with Crippen molar-refractivity contribution in [3.63, 3.8) is 0 Å². The summed E-state index contributed by atoms with van der Waals surface area (Å²) in [7, 11) is 0. The van der Waals surface area contributed by atoms with E-state index in [1.165, 1.54) is 173 Å². The van der Waals surface area contributed by atoms with Gasteiger partial charge in [0.25, 0.3) is 0 Å². The van der Waals surface area contributed by atoms with Crippen molar-refractivity contribution in [1.82, 2.24) is 0 Å². The Labute approximate surface area is 210 Å². The van der Waals surface area contributed by atoms with Crippen molar-refractivity contribution in [2.24, 2.45) is 0 Å². The third-order valence-electron chi connectivity index (χ3n) is 7.00. The van der Waals surface area contributed by atoms with Gasteiger partial charge in [0.15, 0.2) is 0 Å². The lowest BCUT2D eigenvalue weighted by Gasteiger charge is -2.04. The second-order valence-corrected chi connectivity index (χ2v) is 10.3. The molecule has 0 aromatic carbocycles. The highest BCUT2D eigenvalue weighted by molar-refractivity contribution is 4.75. The Morgan fingerprint density at radius 1 is 0.424 bits per heavy atom. The molecule has 0 aliphatic heterocycles. The summed E-state index contributed by atoms with van der Waals surface area (Å²) in [6.45, 7) is 5.83. The molecule has 0 fully saturated rings. The molecule has 0 saturated heterocycles. The van der Waals surface area contributed by atoms with Crippen molar-refractivity contribution in [2.75, 3.05) is 0 Å². The van der Waals surface area contributed by atoms with E-state index >= 15 is 0 Å². The topological polar surface area (TPSA) is 9.23 Å². The summed E-state index contributed by atoms with van der Waals surface area (Å²) in [6, 6.07) is 0. The maximum atomic E-state index is 4.98. The lowest BCUT2D eigenvalue weighted by Crippen LogP contribution is -1.84. The van der Waals surface area contributed by atoms with E-state index in [-0.39, 0.29) is 0 Å². The maximum Gasteiger partial charge on any atom is 0.0861 e. The zero-order valence-electron chi connectivity index (χ0n) is 22.9. The van der Waals surface area contributed by atoms with Gasteiger partial charge in [0, 0.05) is 0 Å². The van der Waals surface area contributed by atoms with Crippen LogP contribution < -0.4 is 0 Å². The average molecular weight is 463 g/mol. The molecule has 0 amide bonds. The van der Waals surface area contributed by atoms with Crippen LogP contribution in [-0.2, 0) is 4.74 Å². The molecule has 0 atom stereocenters. The Bertz CT molecular complexity index is 373. The zero-order chi connectivity index (χ0) is 23.9. The number of hydrogen-bond donors (Lipinski definition) is 0. The molecule has 0 spiro atoms. The summed E-state index contributed by atoms with van der Waals surface area (Å²) in [6.07, 6.45) is 44.2. The fraction of sp³-hybridized carbons (Fsp3) is 0.875. The number of hydrogen-bond acceptors (Lipinski definition) is 1. The van der Waals surface area contributed by atoms with Crippen LogP contribution in [0.15, 0.2) is 25.2 Å². The van der Waals surface area contributed by atoms with E-state index in [0.29, 0.717) is 0 Å². The van der Waals surface area contributed by atoms with Gasteiger partial charge in [-0.25, -0.2) is 0 Å². The van der Waals surface area contributed by atoms with Gasteiger partial charge >= 0.3 is 0 Å². The summed E-state index contributed by atoms with van der Waals surface area (Å²) in [5, 5.41) is 0. The second-order valence-electron chi connectivity index (χ2n) is 10.3. The molecule has 0 aliphatic rings. The Hall–Kier alpha value is -0.720. The van der Waals surface area contributed by atoms with E-state index in [4.69, 9.17) is 4.74 Å². The highest BCUT2D eigenvalue weighted by Crippen LogP contribution is 2.16. The summed E-state index contributed by atoms with van der Waals surface area (Å²) in [5.74, 6) is 0. The molecular formula is C32H62O. The van der Waals surface area contributed by atoms with Gasteiger partial charge in [-0.05, 0) is 18.9 Å². The molecule has 0 heterocycles. The van der Waals surface area contributed by atoms with Gasteiger partial charge < -0.3 is 4.74 Å². The van der Waals surface area contributed by atoms with Crippen LogP contribution in [0.1, 0.15) is 180 Å². The number of unbranched alkanes of at least 4 members (excludes halogenated alkanes) is 26. The fourth-order valence-electron chi connectivity index (χ4n) is 4.76. The van der Waals surface area contributed by atoms with Gasteiger partial charge in [0.05, 0.1) is 12.5 Å². The largest absolute Gasteiger partial charge is 0.474 e. The zero-order valence-corrected chi connectivity index (χ0v) is 22.9. The smallest absolute Gasteiger partial charge is 0.0861 e. The molecule has 0 saturated carbocycles. The maximum absolute atomic E-state index is 4.98. The molecule has 0 N–H and O–H groups in total. The summed E-state index contributed by atoms with van der Waals surface area (Å²) >= 11 is 0. The van der Waals surface area contributed by atoms with Crippen LogP contribution >= 0.6 is 0 Å². The first-order valence-corrected chi connectivity index (χ1v) is 15.3. The minimum absolute atomic E-state index is 1.13. The highest BCUT2D eigenvalue weighted by atomic mass is 16.5. The molecule has 1 nitrogen and oxygen atoms in total. The van der Waals surface area contributed by atoms with Crippen molar-refractivity contribution in [3.8, 4) is 0 Å². The van der Waals surface area contributed by atoms with Crippen LogP contribution in [0, 0.1) is 0 Å². The Morgan fingerprint density at radius 2 is 0.697 bits per heavy atom. The first-order chi connectivity index (χ1) is 16.4. The summed E-state index contributed by atoms with van der Waals surface area (Å²) in [4.78, 5) is 0. The van der Waals surface area contributed by atoms with Gasteiger partial charge in [-0.15, -0.1) is 0 Å². The van der Waals surface area contributed by atoms with Crippen LogP contribution in [0.25, 0.3) is 0 Å². The fourth-order valence-corrected chi connectivity index (χ4v) is 4.76. The molecule has 33 heavy (non-hydrogen) atoms. The molecule has 0 bridgehead atoms. The van der Waals surface area contributed by atoms with E-state index in [9.17, 15) is 0 Å². The third kappa shape index (κ3) is 31.3. The predicted molar refractivity (Wildman–Crippen MR) is 151 cm³/mol. The Morgan fingerprint density at radius 3 is 0.970 bits per heavy atom. The molecule has 0 radical (unpaired) electrons. The van der Waals surface area contributed by atoms with Gasteiger partial charge in [-0.3, -0.25) is 0 Å². The standard InChI is InChI=1S/C32H62O/c1-3-5-6-7-8-9-10-11-12-13-14-15-16-17-18-19-20-21-22-23-24-25-26-27-28-29-30-31-32-33-4-2/h4,31-32H,2-3,5-30H2,1H3. The van der Waals surface area contributed by atoms with Crippen LogP contribution in [0.4, 0.5) is 0 Å². The minimum Gasteiger partial charge on any atom is -0.474 e. The first kappa shape index (κ1) is 32.3. The van der Waals surface area contributed by atoms with E-state index in [0.717, 1.165) is 6.42 Å². The Kier molecular flexibility index (Phi) is 30.6. The van der Waals surface area contributed by atoms with Gasteiger partial charge in [-0.2, -0.15) is 0 Å². The predicted octanol–water partition coefficient (Wildman–Crippen LogP) is 12.2. The summed E-state index contributed by atoms with van der Waals surface area (Å²) in [5.41, 5.74) is 0. The van der Waals surface area contributed by atoms with Crippen LogP contribution in [-0.4, -0.2) is 0 Å². The van der Waals surface area contributed by atoms with Crippen LogP contribution in [0.2, 0.25) is 0 Å². The van der Waals surface area contributed by atoms with E-state index in [2.05, 4.69) is 19.6 Å².